The number of carbonyl (C=O) groups excluding carboxylic acids is 1. The first-order valence-corrected chi connectivity index (χ1v) is 8.86. The number of sulfonamides is 1. The Labute approximate surface area is 153 Å². The Bertz CT molecular complexity index is 1010. The summed E-state index contributed by atoms with van der Waals surface area (Å²) in [5, 5.41) is 6.89. The van der Waals surface area contributed by atoms with E-state index in [1.807, 2.05) is 0 Å². The van der Waals surface area contributed by atoms with Crippen molar-refractivity contribution in [3.05, 3.63) is 54.0 Å². The molecule has 0 saturated heterocycles. The third kappa shape index (κ3) is 4.86. The number of pyridine rings is 1. The van der Waals surface area contributed by atoms with E-state index in [2.05, 4.69) is 19.4 Å². The first-order chi connectivity index (χ1) is 12.9. The number of hydrogen-bond acceptors (Lipinski definition) is 8. The molecule has 0 spiro atoms. The molecule has 3 aromatic rings. The number of esters is 1. The van der Waals surface area contributed by atoms with Crippen molar-refractivity contribution < 1.29 is 32.3 Å². The number of ether oxygens (including phenoxy) is 1. The summed E-state index contributed by atoms with van der Waals surface area (Å²) in [6.45, 7) is -0.422. The molecule has 0 fully saturated rings. The predicted molar refractivity (Wildman–Crippen MR) is 92.3 cm³/mol. The zero-order valence-electron chi connectivity index (χ0n) is 14.0. The van der Waals surface area contributed by atoms with Crippen LogP contribution in [0.4, 0.5) is 0 Å². The van der Waals surface area contributed by atoms with Crippen LogP contribution < -0.4 is 4.72 Å². The summed E-state index contributed by atoms with van der Waals surface area (Å²) in [6, 6.07) is 9.14. The highest BCUT2D eigenvalue weighted by Crippen LogP contribution is 2.17. The van der Waals surface area contributed by atoms with Crippen molar-refractivity contribution in [2.75, 3.05) is 7.11 Å². The molecule has 0 radical (unpaired) electrons. The van der Waals surface area contributed by atoms with Crippen LogP contribution >= 0.6 is 0 Å². The van der Waals surface area contributed by atoms with E-state index in [9.17, 15) is 13.2 Å². The van der Waals surface area contributed by atoms with Crippen molar-refractivity contribution in [1.82, 2.24) is 14.7 Å². The summed E-state index contributed by atoms with van der Waals surface area (Å²) in [6.07, 6.45) is 1.56. The number of aromatic nitrogens is 2. The van der Waals surface area contributed by atoms with Crippen LogP contribution in [0.3, 0.4) is 0 Å². The van der Waals surface area contributed by atoms with Gasteiger partial charge in [0.25, 0.3) is 6.47 Å². The van der Waals surface area contributed by atoms with Crippen LogP contribution in [0, 0.1) is 0 Å². The zero-order chi connectivity index (χ0) is 19.9. The summed E-state index contributed by atoms with van der Waals surface area (Å²) in [7, 11) is -2.77. The molecular weight excluding hydrogens is 378 g/mol. The molecule has 2 N–H and O–H groups in total. The monoisotopic (exact) mass is 393 g/mol. The van der Waals surface area contributed by atoms with Gasteiger partial charge in [-0.25, -0.2) is 22.9 Å². The maximum Gasteiger partial charge on any atom is 0.339 e. The molecule has 142 valence electrons. The van der Waals surface area contributed by atoms with Gasteiger partial charge in [0.05, 0.1) is 24.1 Å². The Morgan fingerprint density at radius 3 is 2.67 bits per heavy atom. The Balaban J connectivity index is 0.000000817. The minimum atomic E-state index is -3.95. The molecule has 2 aromatic heterocycles. The lowest BCUT2D eigenvalue weighted by molar-refractivity contribution is -0.122. The first kappa shape index (κ1) is 20.0. The fraction of sp³-hybridized carbons (Fsp3) is 0.125. The molecule has 3 rings (SSSR count). The lowest BCUT2D eigenvalue weighted by atomic mass is 10.2. The highest BCUT2D eigenvalue weighted by atomic mass is 32.2. The maximum atomic E-state index is 12.5. The summed E-state index contributed by atoms with van der Waals surface area (Å²) >= 11 is 0. The number of oxazole rings is 1. The van der Waals surface area contributed by atoms with Gasteiger partial charge in [-0.05, 0) is 24.3 Å². The summed E-state index contributed by atoms with van der Waals surface area (Å²) in [5.41, 5.74) is 0.801. The van der Waals surface area contributed by atoms with E-state index in [4.69, 9.17) is 14.3 Å². The lowest BCUT2D eigenvalue weighted by Crippen LogP contribution is -2.25. The molecular formula is C16H15N3O7S. The molecule has 2 heterocycles. The van der Waals surface area contributed by atoms with Crippen LogP contribution in [0.25, 0.3) is 11.2 Å². The van der Waals surface area contributed by atoms with Crippen molar-refractivity contribution in [3.8, 4) is 0 Å². The van der Waals surface area contributed by atoms with Gasteiger partial charge in [-0.2, -0.15) is 4.98 Å². The Morgan fingerprint density at radius 1 is 1.30 bits per heavy atom. The van der Waals surface area contributed by atoms with Crippen molar-refractivity contribution in [2.24, 2.45) is 0 Å². The van der Waals surface area contributed by atoms with Gasteiger partial charge >= 0.3 is 5.97 Å². The van der Waals surface area contributed by atoms with E-state index < -0.39 is 16.0 Å². The molecule has 10 nitrogen and oxygen atoms in total. The summed E-state index contributed by atoms with van der Waals surface area (Å²) < 4.78 is 37.3. The highest BCUT2D eigenvalue weighted by Gasteiger charge is 2.23. The minimum Gasteiger partial charge on any atom is -0.483 e. The zero-order valence-corrected chi connectivity index (χ0v) is 14.8. The lowest BCUT2D eigenvalue weighted by Gasteiger charge is -2.09. The van der Waals surface area contributed by atoms with E-state index >= 15 is 0 Å². The SMILES string of the molecule is COC(=O)c1ccccc1S(=O)(=O)NCc1nc2ncccc2o1.O=CO. The van der Waals surface area contributed by atoms with E-state index in [1.54, 1.807) is 24.4 Å². The fourth-order valence-electron chi connectivity index (χ4n) is 2.10. The predicted octanol–water partition coefficient (Wildman–Crippen LogP) is 1.19. The van der Waals surface area contributed by atoms with E-state index in [0.717, 1.165) is 0 Å². The topological polar surface area (TPSA) is 149 Å². The number of carbonyl (C=O) groups is 2. The number of hydrogen-bond donors (Lipinski definition) is 2. The van der Waals surface area contributed by atoms with Crippen LogP contribution in [-0.2, 0) is 26.1 Å². The Kier molecular flexibility index (Phi) is 6.57. The number of fused-ring (bicyclic) bond motifs is 1. The molecule has 0 atom stereocenters. The van der Waals surface area contributed by atoms with Crippen molar-refractivity contribution in [1.29, 1.82) is 0 Å². The van der Waals surface area contributed by atoms with Gasteiger partial charge in [-0.3, -0.25) is 4.79 Å². The normalized spacial score (nSPS) is 10.7. The average Bonchev–Trinajstić information content (AvgIpc) is 3.09. The second-order valence-corrected chi connectivity index (χ2v) is 6.59. The van der Waals surface area contributed by atoms with Gasteiger partial charge in [0.15, 0.2) is 11.2 Å². The molecule has 0 aliphatic heterocycles. The standard InChI is InChI=1S/C15H13N3O5S.CH2O2/c1-22-15(19)10-5-2-3-7-12(10)24(20,21)17-9-13-18-14-11(23-13)6-4-8-16-14;2-1-3/h2-8,17H,9H2,1H3;1H,(H,2,3). The van der Waals surface area contributed by atoms with Crippen LogP contribution in [0.15, 0.2) is 51.9 Å². The molecule has 0 aliphatic carbocycles. The van der Waals surface area contributed by atoms with E-state index in [1.165, 1.54) is 25.3 Å². The molecule has 0 unspecified atom stereocenters. The number of carboxylic acid groups (broad SMARTS) is 1. The van der Waals surface area contributed by atoms with Crippen LogP contribution in [-0.4, -0.2) is 43.0 Å². The molecule has 0 saturated carbocycles. The quantitative estimate of drug-likeness (QED) is 0.481. The second-order valence-electron chi connectivity index (χ2n) is 4.85. The van der Waals surface area contributed by atoms with Gasteiger partial charge in [0, 0.05) is 6.20 Å². The molecule has 0 bridgehead atoms. The first-order valence-electron chi connectivity index (χ1n) is 7.38. The average molecular weight is 393 g/mol. The fourth-order valence-corrected chi connectivity index (χ4v) is 3.27. The largest absolute Gasteiger partial charge is 0.483 e. The molecule has 0 amide bonds. The maximum absolute atomic E-state index is 12.5. The van der Waals surface area contributed by atoms with Crippen LogP contribution in [0.1, 0.15) is 16.2 Å². The Hall–Kier alpha value is -3.31. The third-order valence-corrected chi connectivity index (χ3v) is 4.66. The number of rotatable bonds is 5. The van der Waals surface area contributed by atoms with Crippen molar-refractivity contribution in [3.63, 3.8) is 0 Å². The number of benzene rings is 1. The second kappa shape index (κ2) is 8.87. The molecule has 0 aliphatic rings. The third-order valence-electron chi connectivity index (χ3n) is 3.20. The van der Waals surface area contributed by atoms with E-state index in [0.29, 0.717) is 11.2 Å². The number of nitrogens with zero attached hydrogens (tertiary/aromatic N) is 2. The van der Waals surface area contributed by atoms with Gasteiger partial charge in [-0.1, -0.05) is 12.1 Å². The Morgan fingerprint density at radius 2 is 2.00 bits per heavy atom. The van der Waals surface area contributed by atoms with Gasteiger partial charge in [0.1, 0.15) is 0 Å². The minimum absolute atomic E-state index is 0.0493. The smallest absolute Gasteiger partial charge is 0.339 e. The summed E-state index contributed by atoms with van der Waals surface area (Å²) in [4.78, 5) is 28.0. The highest BCUT2D eigenvalue weighted by molar-refractivity contribution is 7.89. The number of nitrogens with one attached hydrogen (secondary N) is 1. The molecule has 11 heteroatoms. The van der Waals surface area contributed by atoms with Crippen LogP contribution in [0.2, 0.25) is 0 Å². The van der Waals surface area contributed by atoms with Crippen molar-refractivity contribution in [2.45, 2.75) is 11.4 Å². The van der Waals surface area contributed by atoms with Crippen LogP contribution in [0.5, 0.6) is 0 Å². The van der Waals surface area contributed by atoms with Gasteiger partial charge in [0.2, 0.25) is 15.9 Å². The van der Waals surface area contributed by atoms with E-state index in [-0.39, 0.29) is 29.4 Å². The van der Waals surface area contributed by atoms with Gasteiger partial charge in [-0.15, -0.1) is 0 Å². The summed E-state index contributed by atoms with van der Waals surface area (Å²) in [5.74, 6) is -0.565. The molecule has 1 aromatic carbocycles. The van der Waals surface area contributed by atoms with Crippen molar-refractivity contribution >= 4 is 33.7 Å². The molecule has 27 heavy (non-hydrogen) atoms. The number of methoxy groups -OCH3 is 1. The van der Waals surface area contributed by atoms with Gasteiger partial charge < -0.3 is 14.3 Å².